The Labute approximate surface area is 81.2 Å². The van der Waals surface area contributed by atoms with Crippen molar-refractivity contribution in [3.8, 4) is 11.6 Å². The largest absolute Gasteiger partial charge is 0.458 e. The second-order valence-corrected chi connectivity index (χ2v) is 2.83. The Morgan fingerprint density at radius 2 is 2.21 bits per heavy atom. The third kappa shape index (κ3) is 1.56. The lowest BCUT2D eigenvalue weighted by Crippen LogP contribution is -1.97. The minimum absolute atomic E-state index is 0.491. The van der Waals surface area contributed by atoms with Gasteiger partial charge in [-0.3, -0.25) is 0 Å². The molecule has 0 aliphatic carbocycles. The molecule has 0 aliphatic rings. The number of nitrogens with zero attached hydrogens (tertiary/aromatic N) is 3. The standard InChI is InChI=1S/C9H10N4O/c1-6-3-4-7(14-6)9-12-8(10-2)5-11-13-9/h3-5H,1-2H3,(H,10,12,13). The number of aryl methyl sites for hydroxylation is 1. The van der Waals surface area contributed by atoms with E-state index >= 15 is 0 Å². The van der Waals surface area contributed by atoms with Gasteiger partial charge < -0.3 is 9.73 Å². The lowest BCUT2D eigenvalue weighted by atomic mass is 10.4. The Hall–Kier alpha value is -1.91. The van der Waals surface area contributed by atoms with Crippen molar-refractivity contribution in [2.24, 2.45) is 0 Å². The average molecular weight is 190 g/mol. The Bertz CT molecular complexity index is 438. The second kappa shape index (κ2) is 3.45. The Balaban J connectivity index is 2.41. The van der Waals surface area contributed by atoms with Crippen molar-refractivity contribution in [2.45, 2.75) is 6.92 Å². The van der Waals surface area contributed by atoms with Crippen LogP contribution in [0.4, 0.5) is 5.82 Å². The van der Waals surface area contributed by atoms with Crippen molar-refractivity contribution in [3.05, 3.63) is 24.1 Å². The number of aromatic nitrogens is 3. The van der Waals surface area contributed by atoms with Gasteiger partial charge in [0, 0.05) is 7.05 Å². The van der Waals surface area contributed by atoms with E-state index in [1.165, 1.54) is 0 Å². The predicted octanol–water partition coefficient (Wildman–Crippen LogP) is 1.48. The molecular formula is C9H10N4O. The van der Waals surface area contributed by atoms with E-state index < -0.39 is 0 Å². The van der Waals surface area contributed by atoms with Gasteiger partial charge in [-0.1, -0.05) is 0 Å². The first kappa shape index (κ1) is 8.68. The summed E-state index contributed by atoms with van der Waals surface area (Å²) in [5.74, 6) is 2.62. The van der Waals surface area contributed by atoms with Crippen LogP contribution in [0.1, 0.15) is 5.76 Å². The van der Waals surface area contributed by atoms with Crippen LogP contribution in [-0.2, 0) is 0 Å². The lowest BCUT2D eigenvalue weighted by Gasteiger charge is -1.98. The van der Waals surface area contributed by atoms with Gasteiger partial charge in [-0.15, -0.1) is 5.10 Å². The van der Waals surface area contributed by atoms with Gasteiger partial charge in [0.05, 0.1) is 6.20 Å². The summed E-state index contributed by atoms with van der Waals surface area (Å²) in [6.45, 7) is 1.87. The summed E-state index contributed by atoms with van der Waals surface area (Å²) in [4.78, 5) is 4.20. The molecule has 0 saturated carbocycles. The molecule has 0 atom stereocenters. The zero-order valence-corrected chi connectivity index (χ0v) is 7.98. The van der Waals surface area contributed by atoms with Crippen LogP contribution in [0.25, 0.3) is 11.6 Å². The number of anilines is 1. The van der Waals surface area contributed by atoms with Gasteiger partial charge in [0.2, 0.25) is 5.82 Å². The van der Waals surface area contributed by atoms with E-state index in [0.29, 0.717) is 17.4 Å². The van der Waals surface area contributed by atoms with Gasteiger partial charge in [-0.05, 0) is 19.1 Å². The van der Waals surface area contributed by atoms with Crippen LogP contribution in [0.5, 0.6) is 0 Å². The third-order valence-corrected chi connectivity index (χ3v) is 1.78. The maximum absolute atomic E-state index is 5.38. The van der Waals surface area contributed by atoms with Gasteiger partial charge in [0.1, 0.15) is 11.6 Å². The quantitative estimate of drug-likeness (QED) is 0.777. The molecule has 2 rings (SSSR count). The van der Waals surface area contributed by atoms with Crippen molar-refractivity contribution in [1.29, 1.82) is 0 Å². The predicted molar refractivity (Wildman–Crippen MR) is 51.8 cm³/mol. The molecule has 2 aromatic rings. The molecule has 14 heavy (non-hydrogen) atoms. The van der Waals surface area contributed by atoms with Gasteiger partial charge >= 0.3 is 0 Å². The molecule has 0 spiro atoms. The van der Waals surface area contributed by atoms with E-state index in [1.807, 2.05) is 19.1 Å². The number of nitrogens with one attached hydrogen (secondary N) is 1. The fourth-order valence-corrected chi connectivity index (χ4v) is 1.08. The van der Waals surface area contributed by atoms with E-state index in [4.69, 9.17) is 4.42 Å². The van der Waals surface area contributed by atoms with Crippen molar-refractivity contribution >= 4 is 5.82 Å². The summed E-state index contributed by atoms with van der Waals surface area (Å²) in [5, 5.41) is 10.6. The highest BCUT2D eigenvalue weighted by atomic mass is 16.3. The molecule has 0 amide bonds. The van der Waals surface area contributed by atoms with E-state index in [2.05, 4.69) is 20.5 Å². The maximum atomic E-state index is 5.38. The first-order valence-electron chi connectivity index (χ1n) is 4.24. The molecule has 1 N–H and O–H groups in total. The second-order valence-electron chi connectivity index (χ2n) is 2.83. The number of furan rings is 1. The summed E-state index contributed by atoms with van der Waals surface area (Å²) in [7, 11) is 1.78. The van der Waals surface area contributed by atoms with E-state index in [9.17, 15) is 0 Å². The lowest BCUT2D eigenvalue weighted by molar-refractivity contribution is 0.543. The summed E-state index contributed by atoms with van der Waals surface area (Å²) in [6.07, 6.45) is 1.55. The fraction of sp³-hybridized carbons (Fsp3) is 0.222. The van der Waals surface area contributed by atoms with Crippen LogP contribution in [0.3, 0.4) is 0 Å². The minimum atomic E-state index is 0.491. The Morgan fingerprint density at radius 1 is 1.36 bits per heavy atom. The van der Waals surface area contributed by atoms with Crippen molar-refractivity contribution in [3.63, 3.8) is 0 Å². The molecule has 2 aromatic heterocycles. The topological polar surface area (TPSA) is 63.8 Å². The van der Waals surface area contributed by atoms with Gasteiger partial charge in [0.25, 0.3) is 0 Å². The SMILES string of the molecule is CNc1cnnc(-c2ccc(C)o2)n1. The van der Waals surface area contributed by atoms with Crippen molar-refractivity contribution in [1.82, 2.24) is 15.2 Å². The van der Waals surface area contributed by atoms with Crippen LogP contribution >= 0.6 is 0 Å². The van der Waals surface area contributed by atoms with Crippen LogP contribution < -0.4 is 5.32 Å². The first-order chi connectivity index (χ1) is 6.79. The molecule has 2 heterocycles. The van der Waals surface area contributed by atoms with Crippen LogP contribution in [0.2, 0.25) is 0 Å². The number of hydrogen-bond donors (Lipinski definition) is 1. The summed E-state index contributed by atoms with van der Waals surface area (Å²) >= 11 is 0. The molecular weight excluding hydrogens is 180 g/mol. The van der Waals surface area contributed by atoms with Crippen LogP contribution in [0, 0.1) is 6.92 Å². The molecule has 0 bridgehead atoms. The average Bonchev–Trinajstić information content (AvgIpc) is 2.65. The zero-order chi connectivity index (χ0) is 9.97. The molecule has 0 aromatic carbocycles. The monoisotopic (exact) mass is 190 g/mol. The van der Waals surface area contributed by atoms with Crippen LogP contribution in [0.15, 0.2) is 22.7 Å². The van der Waals surface area contributed by atoms with Crippen LogP contribution in [-0.4, -0.2) is 22.2 Å². The molecule has 5 heteroatoms. The van der Waals surface area contributed by atoms with Gasteiger partial charge in [0.15, 0.2) is 5.76 Å². The highest BCUT2D eigenvalue weighted by molar-refractivity contribution is 5.49. The van der Waals surface area contributed by atoms with Crippen molar-refractivity contribution in [2.75, 3.05) is 12.4 Å². The first-order valence-corrected chi connectivity index (χ1v) is 4.24. The summed E-state index contributed by atoms with van der Waals surface area (Å²) in [6, 6.07) is 3.69. The van der Waals surface area contributed by atoms with Crippen molar-refractivity contribution < 1.29 is 4.42 Å². The third-order valence-electron chi connectivity index (χ3n) is 1.78. The van der Waals surface area contributed by atoms with Gasteiger partial charge in [-0.25, -0.2) is 4.98 Å². The number of hydrogen-bond acceptors (Lipinski definition) is 5. The molecule has 0 unspecified atom stereocenters. The molecule has 0 fully saturated rings. The van der Waals surface area contributed by atoms with E-state index in [0.717, 1.165) is 5.76 Å². The zero-order valence-electron chi connectivity index (χ0n) is 7.98. The van der Waals surface area contributed by atoms with E-state index in [1.54, 1.807) is 13.2 Å². The smallest absolute Gasteiger partial charge is 0.219 e. The minimum Gasteiger partial charge on any atom is -0.458 e. The Kier molecular flexibility index (Phi) is 2.14. The summed E-state index contributed by atoms with van der Waals surface area (Å²) < 4.78 is 5.38. The van der Waals surface area contributed by atoms with E-state index in [-0.39, 0.29) is 0 Å². The molecule has 0 saturated heterocycles. The maximum Gasteiger partial charge on any atom is 0.219 e. The number of rotatable bonds is 2. The van der Waals surface area contributed by atoms with Gasteiger partial charge in [-0.2, -0.15) is 5.10 Å². The Morgan fingerprint density at radius 3 is 2.86 bits per heavy atom. The summed E-state index contributed by atoms with van der Waals surface area (Å²) in [5.41, 5.74) is 0. The molecule has 0 aliphatic heterocycles. The molecule has 0 radical (unpaired) electrons. The highest BCUT2D eigenvalue weighted by Crippen LogP contribution is 2.17. The fourth-order valence-electron chi connectivity index (χ4n) is 1.08. The molecule has 72 valence electrons. The highest BCUT2D eigenvalue weighted by Gasteiger charge is 2.06. The normalized spacial score (nSPS) is 10.1. The molecule has 5 nitrogen and oxygen atoms in total.